The third kappa shape index (κ3) is 7.50. The van der Waals surface area contributed by atoms with Gasteiger partial charge in [0, 0.05) is 17.6 Å². The summed E-state index contributed by atoms with van der Waals surface area (Å²) in [5.41, 5.74) is 0.800. The summed E-state index contributed by atoms with van der Waals surface area (Å²) in [6.07, 6.45) is 0.982. The summed E-state index contributed by atoms with van der Waals surface area (Å²) in [5.74, 6) is -0.955. The molecule has 1 atom stereocenters. The van der Waals surface area contributed by atoms with Crippen LogP contribution < -0.4 is 9.62 Å². The first kappa shape index (κ1) is 27.2. The number of sulfonamides is 1. The predicted octanol–water partition coefficient (Wildman–Crippen LogP) is 4.35. The third-order valence-electron chi connectivity index (χ3n) is 4.77. The first-order valence-electron chi connectivity index (χ1n) is 10.1. The minimum absolute atomic E-state index is 0.0180. The minimum Gasteiger partial charge on any atom is -0.352 e. The Morgan fingerprint density at radius 1 is 0.970 bits per heavy atom. The van der Waals surface area contributed by atoms with Crippen LogP contribution >= 0.6 is 34.8 Å². The molecule has 2 aromatic carbocycles. The number of amides is 2. The summed E-state index contributed by atoms with van der Waals surface area (Å²) in [5, 5.41) is 3.60. The number of hydrogen-bond acceptors (Lipinski definition) is 4. The summed E-state index contributed by atoms with van der Waals surface area (Å²) in [7, 11) is -3.86. The zero-order valence-electron chi connectivity index (χ0n) is 18.7. The molecule has 33 heavy (non-hydrogen) atoms. The average molecular weight is 535 g/mol. The topological polar surface area (TPSA) is 86.8 Å². The molecule has 2 aromatic rings. The van der Waals surface area contributed by atoms with E-state index in [1.54, 1.807) is 45.0 Å². The number of benzene rings is 2. The molecule has 11 heteroatoms. The van der Waals surface area contributed by atoms with Crippen molar-refractivity contribution in [2.75, 3.05) is 17.1 Å². The van der Waals surface area contributed by atoms with Gasteiger partial charge in [-0.1, -0.05) is 53.0 Å². The fourth-order valence-corrected chi connectivity index (χ4v) is 4.38. The van der Waals surface area contributed by atoms with Crippen LogP contribution in [0.15, 0.2) is 42.5 Å². The highest BCUT2D eigenvalue weighted by Crippen LogP contribution is 2.29. The predicted molar refractivity (Wildman–Crippen MR) is 133 cm³/mol. The lowest BCUT2D eigenvalue weighted by atomic mass is 10.1. The lowest BCUT2D eigenvalue weighted by molar-refractivity contribution is -0.139. The Hall–Kier alpha value is -2.00. The molecule has 0 aliphatic heterocycles. The van der Waals surface area contributed by atoms with Gasteiger partial charge in [-0.05, 0) is 50.6 Å². The Morgan fingerprint density at radius 3 is 2.15 bits per heavy atom. The number of nitrogens with zero attached hydrogens (tertiary/aromatic N) is 2. The maximum absolute atomic E-state index is 13.4. The van der Waals surface area contributed by atoms with Crippen molar-refractivity contribution in [3.05, 3.63) is 63.1 Å². The van der Waals surface area contributed by atoms with Crippen LogP contribution in [-0.4, -0.2) is 50.0 Å². The molecule has 0 fully saturated rings. The maximum atomic E-state index is 13.4. The van der Waals surface area contributed by atoms with Gasteiger partial charge in [0.15, 0.2) is 0 Å². The highest BCUT2D eigenvalue weighted by molar-refractivity contribution is 7.92. The Bertz CT molecular complexity index is 1130. The van der Waals surface area contributed by atoms with Crippen molar-refractivity contribution >= 4 is 62.3 Å². The van der Waals surface area contributed by atoms with Crippen LogP contribution in [0.2, 0.25) is 15.1 Å². The van der Waals surface area contributed by atoms with Crippen LogP contribution in [0.5, 0.6) is 0 Å². The minimum atomic E-state index is -3.86. The highest BCUT2D eigenvalue weighted by atomic mass is 35.5. The van der Waals surface area contributed by atoms with Crippen LogP contribution in [0.1, 0.15) is 26.3 Å². The molecule has 0 unspecified atom stereocenters. The molecule has 0 aromatic heterocycles. The Morgan fingerprint density at radius 2 is 1.61 bits per heavy atom. The van der Waals surface area contributed by atoms with Gasteiger partial charge in [0.05, 0.1) is 22.0 Å². The van der Waals surface area contributed by atoms with Crippen molar-refractivity contribution in [1.82, 2.24) is 10.2 Å². The van der Waals surface area contributed by atoms with E-state index in [9.17, 15) is 18.0 Å². The normalized spacial score (nSPS) is 12.4. The second kappa shape index (κ2) is 11.4. The van der Waals surface area contributed by atoms with Gasteiger partial charge in [-0.2, -0.15) is 0 Å². The smallest absolute Gasteiger partial charge is 0.244 e. The van der Waals surface area contributed by atoms with E-state index in [1.165, 1.54) is 23.1 Å². The van der Waals surface area contributed by atoms with Crippen molar-refractivity contribution in [3.8, 4) is 0 Å². The van der Waals surface area contributed by atoms with Crippen LogP contribution in [0, 0.1) is 0 Å². The fraction of sp³-hybridized carbons (Fsp3) is 0.364. The molecule has 0 saturated carbocycles. The molecule has 0 aliphatic rings. The largest absolute Gasteiger partial charge is 0.352 e. The molecule has 180 valence electrons. The molecule has 0 saturated heterocycles. The van der Waals surface area contributed by atoms with Crippen LogP contribution in [-0.2, 0) is 26.2 Å². The number of anilines is 1. The Balaban J connectivity index is 2.43. The molecular formula is C22H26Cl3N3O4S. The molecule has 0 radical (unpaired) electrons. The van der Waals surface area contributed by atoms with Crippen molar-refractivity contribution in [2.45, 2.75) is 39.4 Å². The molecule has 1 N–H and O–H groups in total. The second-order valence-corrected chi connectivity index (χ2v) is 10.9. The molecule has 2 rings (SSSR count). The number of carbonyl (C=O) groups excluding carboxylic acids is 2. The van der Waals surface area contributed by atoms with E-state index in [-0.39, 0.29) is 34.2 Å². The summed E-state index contributed by atoms with van der Waals surface area (Å²) in [6.45, 7) is 4.67. The second-order valence-electron chi connectivity index (χ2n) is 7.82. The van der Waals surface area contributed by atoms with E-state index in [2.05, 4.69) is 5.32 Å². The lowest BCUT2D eigenvalue weighted by Crippen LogP contribution is -2.52. The van der Waals surface area contributed by atoms with Gasteiger partial charge < -0.3 is 10.2 Å². The standard InChI is InChI=1S/C22H26Cl3N3O4S/c1-14(2)26-22(30)15(3)27(12-16-7-5-6-8-18(16)23)21(29)13-28(33(4,31)32)17-9-10-19(24)20(25)11-17/h5-11,14-15H,12-13H2,1-4H3,(H,26,30)/t15-/m1/s1. The van der Waals surface area contributed by atoms with E-state index >= 15 is 0 Å². The van der Waals surface area contributed by atoms with Gasteiger partial charge in [-0.25, -0.2) is 8.42 Å². The molecular weight excluding hydrogens is 509 g/mol. The van der Waals surface area contributed by atoms with Gasteiger partial charge in [-0.15, -0.1) is 0 Å². The molecule has 0 aliphatic carbocycles. The van der Waals surface area contributed by atoms with Gasteiger partial charge >= 0.3 is 0 Å². The van der Waals surface area contributed by atoms with Gasteiger partial charge in [0.25, 0.3) is 0 Å². The zero-order valence-corrected chi connectivity index (χ0v) is 21.8. The SMILES string of the molecule is CC(C)NC(=O)[C@@H](C)N(Cc1ccccc1Cl)C(=O)CN(c1ccc(Cl)c(Cl)c1)S(C)(=O)=O. The van der Waals surface area contributed by atoms with Crippen molar-refractivity contribution in [3.63, 3.8) is 0 Å². The van der Waals surface area contributed by atoms with Crippen molar-refractivity contribution < 1.29 is 18.0 Å². The van der Waals surface area contributed by atoms with Crippen molar-refractivity contribution in [2.24, 2.45) is 0 Å². The van der Waals surface area contributed by atoms with Crippen molar-refractivity contribution in [1.29, 1.82) is 0 Å². The van der Waals surface area contributed by atoms with Gasteiger partial charge in [0.1, 0.15) is 12.6 Å². The van der Waals surface area contributed by atoms with E-state index in [1.807, 2.05) is 0 Å². The monoisotopic (exact) mass is 533 g/mol. The number of hydrogen-bond donors (Lipinski definition) is 1. The number of rotatable bonds is 9. The Kier molecular flexibility index (Phi) is 9.43. The first-order chi connectivity index (χ1) is 15.3. The Labute approximate surface area is 209 Å². The summed E-state index contributed by atoms with van der Waals surface area (Å²) >= 11 is 18.3. The number of halogens is 3. The fourth-order valence-electron chi connectivity index (χ4n) is 3.05. The molecule has 2 amide bonds. The zero-order chi connectivity index (χ0) is 24.9. The summed E-state index contributed by atoms with van der Waals surface area (Å²) < 4.78 is 26.0. The first-order valence-corrected chi connectivity index (χ1v) is 13.1. The van der Waals surface area contributed by atoms with Crippen LogP contribution in [0.25, 0.3) is 0 Å². The third-order valence-corrected chi connectivity index (χ3v) is 7.02. The van der Waals surface area contributed by atoms with E-state index in [0.29, 0.717) is 10.6 Å². The molecule has 0 heterocycles. The summed E-state index contributed by atoms with van der Waals surface area (Å²) in [6, 6.07) is 10.2. The molecule has 0 bridgehead atoms. The van der Waals surface area contributed by atoms with Crippen LogP contribution in [0.4, 0.5) is 5.69 Å². The van der Waals surface area contributed by atoms with Gasteiger partial charge in [-0.3, -0.25) is 13.9 Å². The number of nitrogens with one attached hydrogen (secondary N) is 1. The summed E-state index contributed by atoms with van der Waals surface area (Å²) in [4.78, 5) is 27.4. The number of carbonyl (C=O) groups is 2. The quantitative estimate of drug-likeness (QED) is 0.518. The van der Waals surface area contributed by atoms with E-state index < -0.39 is 28.5 Å². The van der Waals surface area contributed by atoms with E-state index in [0.717, 1.165) is 10.6 Å². The van der Waals surface area contributed by atoms with Gasteiger partial charge in [0.2, 0.25) is 21.8 Å². The average Bonchev–Trinajstić information content (AvgIpc) is 2.71. The lowest BCUT2D eigenvalue weighted by Gasteiger charge is -2.32. The van der Waals surface area contributed by atoms with E-state index in [4.69, 9.17) is 34.8 Å². The maximum Gasteiger partial charge on any atom is 0.244 e. The molecule has 7 nitrogen and oxygen atoms in total. The highest BCUT2D eigenvalue weighted by Gasteiger charge is 2.30. The molecule has 0 spiro atoms. The van der Waals surface area contributed by atoms with Crippen LogP contribution in [0.3, 0.4) is 0 Å².